The first-order valence-corrected chi connectivity index (χ1v) is 7.84. The SMILES string of the molecule is Cc1cccc(OCCSc2nncc3ccccc23)c1. The summed E-state index contributed by atoms with van der Waals surface area (Å²) < 4.78 is 5.75. The molecule has 21 heavy (non-hydrogen) atoms. The third kappa shape index (κ3) is 3.52. The van der Waals surface area contributed by atoms with Crippen molar-refractivity contribution in [2.24, 2.45) is 0 Å². The molecule has 1 aromatic heterocycles. The van der Waals surface area contributed by atoms with Crippen molar-refractivity contribution in [2.45, 2.75) is 11.9 Å². The maximum atomic E-state index is 5.75. The summed E-state index contributed by atoms with van der Waals surface area (Å²) >= 11 is 1.67. The monoisotopic (exact) mass is 296 g/mol. The molecule has 0 aliphatic rings. The van der Waals surface area contributed by atoms with E-state index in [1.807, 2.05) is 30.3 Å². The number of hydrogen-bond donors (Lipinski definition) is 0. The van der Waals surface area contributed by atoms with Crippen molar-refractivity contribution in [1.82, 2.24) is 10.2 Å². The predicted molar refractivity (Wildman–Crippen MR) is 86.9 cm³/mol. The molecule has 0 amide bonds. The van der Waals surface area contributed by atoms with Crippen LogP contribution in [0.25, 0.3) is 10.8 Å². The van der Waals surface area contributed by atoms with Gasteiger partial charge in [-0.25, -0.2) is 0 Å². The van der Waals surface area contributed by atoms with Crippen LogP contribution in [-0.4, -0.2) is 22.6 Å². The van der Waals surface area contributed by atoms with Crippen LogP contribution in [-0.2, 0) is 0 Å². The Morgan fingerprint density at radius 2 is 2.00 bits per heavy atom. The first kappa shape index (κ1) is 13.9. The molecule has 106 valence electrons. The summed E-state index contributed by atoms with van der Waals surface area (Å²) in [5, 5.41) is 11.5. The minimum absolute atomic E-state index is 0.652. The molecule has 0 radical (unpaired) electrons. The lowest BCUT2D eigenvalue weighted by Gasteiger charge is -2.07. The van der Waals surface area contributed by atoms with Gasteiger partial charge < -0.3 is 4.74 Å². The van der Waals surface area contributed by atoms with Crippen LogP contribution < -0.4 is 4.74 Å². The quantitative estimate of drug-likeness (QED) is 0.524. The van der Waals surface area contributed by atoms with E-state index in [2.05, 4.69) is 35.3 Å². The van der Waals surface area contributed by atoms with E-state index in [1.54, 1.807) is 18.0 Å². The highest BCUT2D eigenvalue weighted by Crippen LogP contribution is 2.24. The largest absolute Gasteiger partial charge is 0.493 e. The second kappa shape index (κ2) is 6.59. The Bertz CT molecular complexity index is 740. The van der Waals surface area contributed by atoms with Gasteiger partial charge in [-0.1, -0.05) is 36.4 Å². The first-order chi connectivity index (χ1) is 10.3. The lowest BCUT2D eigenvalue weighted by atomic mass is 10.2. The molecule has 0 N–H and O–H groups in total. The lowest BCUT2D eigenvalue weighted by Crippen LogP contribution is -2.01. The number of benzene rings is 2. The van der Waals surface area contributed by atoms with E-state index in [1.165, 1.54) is 5.56 Å². The Morgan fingerprint density at radius 3 is 2.90 bits per heavy atom. The fraction of sp³-hybridized carbons (Fsp3) is 0.176. The number of ether oxygens (including phenoxy) is 1. The zero-order valence-corrected chi connectivity index (χ0v) is 12.6. The molecule has 0 spiro atoms. The average Bonchev–Trinajstić information content (AvgIpc) is 2.52. The molecule has 3 rings (SSSR count). The Kier molecular flexibility index (Phi) is 4.36. The third-order valence-corrected chi connectivity index (χ3v) is 4.06. The van der Waals surface area contributed by atoms with Crippen LogP contribution in [0.4, 0.5) is 0 Å². The van der Waals surface area contributed by atoms with Gasteiger partial charge in [0.2, 0.25) is 0 Å². The Balaban J connectivity index is 1.60. The standard InChI is InChI=1S/C17H16N2OS/c1-13-5-4-7-15(11-13)20-9-10-21-17-16-8-3-2-6-14(16)12-18-19-17/h2-8,11-12H,9-10H2,1H3. The van der Waals surface area contributed by atoms with Gasteiger partial charge >= 0.3 is 0 Å². The molecule has 0 unspecified atom stereocenters. The average molecular weight is 296 g/mol. The summed E-state index contributed by atoms with van der Waals surface area (Å²) in [5.41, 5.74) is 1.21. The van der Waals surface area contributed by atoms with Crippen LogP contribution in [0.5, 0.6) is 5.75 Å². The number of fused-ring (bicyclic) bond motifs is 1. The smallest absolute Gasteiger partial charge is 0.127 e. The molecule has 0 bridgehead atoms. The van der Waals surface area contributed by atoms with E-state index < -0.39 is 0 Å². The minimum Gasteiger partial charge on any atom is -0.493 e. The van der Waals surface area contributed by atoms with E-state index >= 15 is 0 Å². The van der Waals surface area contributed by atoms with Crippen molar-refractivity contribution >= 4 is 22.5 Å². The van der Waals surface area contributed by atoms with Crippen molar-refractivity contribution in [1.29, 1.82) is 0 Å². The van der Waals surface area contributed by atoms with E-state index in [9.17, 15) is 0 Å². The van der Waals surface area contributed by atoms with Gasteiger partial charge in [-0.3, -0.25) is 0 Å². The summed E-state index contributed by atoms with van der Waals surface area (Å²) in [6.45, 7) is 2.71. The van der Waals surface area contributed by atoms with E-state index in [4.69, 9.17) is 4.74 Å². The van der Waals surface area contributed by atoms with Crippen molar-refractivity contribution in [3.05, 3.63) is 60.3 Å². The molecule has 0 saturated carbocycles. The van der Waals surface area contributed by atoms with Crippen LogP contribution in [0, 0.1) is 6.92 Å². The second-order valence-corrected chi connectivity index (χ2v) is 5.83. The number of thioether (sulfide) groups is 1. The van der Waals surface area contributed by atoms with Crippen LogP contribution in [0.2, 0.25) is 0 Å². The van der Waals surface area contributed by atoms with Crippen LogP contribution >= 0.6 is 11.8 Å². The topological polar surface area (TPSA) is 35.0 Å². The van der Waals surface area contributed by atoms with Gasteiger partial charge in [0.1, 0.15) is 10.8 Å². The van der Waals surface area contributed by atoms with Gasteiger partial charge in [-0.15, -0.1) is 16.9 Å². The van der Waals surface area contributed by atoms with Gasteiger partial charge in [-0.2, -0.15) is 5.10 Å². The van der Waals surface area contributed by atoms with Gasteiger partial charge in [0.25, 0.3) is 0 Å². The number of hydrogen-bond acceptors (Lipinski definition) is 4. The Labute approximate surface area is 128 Å². The summed E-state index contributed by atoms with van der Waals surface area (Å²) in [4.78, 5) is 0. The zero-order valence-electron chi connectivity index (χ0n) is 11.8. The van der Waals surface area contributed by atoms with Crippen molar-refractivity contribution in [3.63, 3.8) is 0 Å². The maximum Gasteiger partial charge on any atom is 0.127 e. The second-order valence-electron chi connectivity index (χ2n) is 4.75. The first-order valence-electron chi connectivity index (χ1n) is 6.85. The van der Waals surface area contributed by atoms with Crippen molar-refractivity contribution in [2.75, 3.05) is 12.4 Å². The lowest BCUT2D eigenvalue weighted by molar-refractivity contribution is 0.343. The predicted octanol–water partition coefficient (Wildman–Crippen LogP) is 4.11. The molecule has 1 heterocycles. The van der Waals surface area contributed by atoms with Gasteiger partial charge in [-0.05, 0) is 24.6 Å². The minimum atomic E-state index is 0.652. The number of nitrogens with zero attached hydrogens (tertiary/aromatic N) is 2. The van der Waals surface area contributed by atoms with Gasteiger partial charge in [0.05, 0.1) is 12.8 Å². The highest BCUT2D eigenvalue weighted by Gasteiger charge is 2.03. The molecule has 0 fully saturated rings. The van der Waals surface area contributed by atoms with Crippen LogP contribution in [0.3, 0.4) is 0 Å². The highest BCUT2D eigenvalue weighted by molar-refractivity contribution is 7.99. The molecular weight excluding hydrogens is 280 g/mol. The van der Waals surface area contributed by atoms with Crippen molar-refractivity contribution in [3.8, 4) is 5.75 Å². The fourth-order valence-electron chi connectivity index (χ4n) is 2.11. The molecule has 4 heteroatoms. The van der Waals surface area contributed by atoms with E-state index in [-0.39, 0.29) is 0 Å². The molecule has 0 atom stereocenters. The summed E-state index contributed by atoms with van der Waals surface area (Å²) in [7, 11) is 0. The summed E-state index contributed by atoms with van der Waals surface area (Å²) in [6.07, 6.45) is 1.79. The van der Waals surface area contributed by atoms with Gasteiger partial charge in [0.15, 0.2) is 0 Å². The number of aromatic nitrogens is 2. The molecular formula is C17H16N2OS. The molecule has 0 saturated heterocycles. The molecule has 2 aromatic carbocycles. The summed E-state index contributed by atoms with van der Waals surface area (Å²) in [5.74, 6) is 1.76. The molecule has 3 nitrogen and oxygen atoms in total. The molecule has 0 aliphatic carbocycles. The Hall–Kier alpha value is -2.07. The number of rotatable bonds is 5. The Morgan fingerprint density at radius 1 is 1.10 bits per heavy atom. The number of aryl methyl sites for hydroxylation is 1. The van der Waals surface area contributed by atoms with Crippen molar-refractivity contribution < 1.29 is 4.74 Å². The summed E-state index contributed by atoms with van der Waals surface area (Å²) in [6, 6.07) is 16.3. The fourth-order valence-corrected chi connectivity index (χ4v) is 2.92. The highest BCUT2D eigenvalue weighted by atomic mass is 32.2. The molecule has 0 aliphatic heterocycles. The van der Waals surface area contributed by atoms with Crippen LogP contribution in [0.15, 0.2) is 59.8 Å². The van der Waals surface area contributed by atoms with Crippen LogP contribution in [0.1, 0.15) is 5.56 Å². The molecule has 3 aromatic rings. The normalized spacial score (nSPS) is 10.7. The van der Waals surface area contributed by atoms with E-state index in [0.29, 0.717) is 6.61 Å². The maximum absolute atomic E-state index is 5.75. The third-order valence-electron chi connectivity index (χ3n) is 3.12. The van der Waals surface area contributed by atoms with Gasteiger partial charge in [0, 0.05) is 16.5 Å². The van der Waals surface area contributed by atoms with E-state index in [0.717, 1.165) is 27.3 Å². The zero-order chi connectivity index (χ0) is 14.5.